The van der Waals surface area contributed by atoms with E-state index in [1.807, 2.05) is 36.4 Å². The van der Waals surface area contributed by atoms with Gasteiger partial charge in [-0.25, -0.2) is 9.78 Å². The van der Waals surface area contributed by atoms with Gasteiger partial charge >= 0.3 is 5.97 Å². The Hall–Kier alpha value is -2.62. The van der Waals surface area contributed by atoms with Crippen molar-refractivity contribution in [2.75, 3.05) is 0 Å². The minimum atomic E-state index is -0.957. The van der Waals surface area contributed by atoms with Crippen LogP contribution >= 0.6 is 0 Å². The molecule has 3 aromatic rings. The van der Waals surface area contributed by atoms with Crippen molar-refractivity contribution in [3.63, 3.8) is 0 Å². The average Bonchev–Trinajstić information content (AvgIpc) is 2.87. The predicted octanol–water partition coefficient (Wildman–Crippen LogP) is 2.93. The summed E-state index contributed by atoms with van der Waals surface area (Å²) in [4.78, 5) is 18.4. The van der Waals surface area contributed by atoms with Gasteiger partial charge in [-0.15, -0.1) is 0 Å². The highest BCUT2D eigenvalue weighted by atomic mass is 16.4. The fraction of sp³-hybridized carbons (Fsp3) is 0. The molecule has 2 heterocycles. The van der Waals surface area contributed by atoms with Crippen molar-refractivity contribution < 1.29 is 9.90 Å². The van der Waals surface area contributed by atoms with Crippen molar-refractivity contribution in [1.29, 1.82) is 0 Å². The summed E-state index contributed by atoms with van der Waals surface area (Å²) in [5.41, 5.74) is 2.35. The SMILES string of the molecule is O=C(O)c1c[nH]cc1-c1ccc2ccccc2n1. The van der Waals surface area contributed by atoms with Crippen LogP contribution in [0.5, 0.6) is 0 Å². The highest BCUT2D eigenvalue weighted by Gasteiger charge is 2.13. The van der Waals surface area contributed by atoms with Gasteiger partial charge in [0.2, 0.25) is 0 Å². The molecule has 1 aromatic carbocycles. The van der Waals surface area contributed by atoms with Crippen LogP contribution in [0, 0.1) is 0 Å². The summed E-state index contributed by atoms with van der Waals surface area (Å²) in [5, 5.41) is 10.1. The Morgan fingerprint density at radius 2 is 1.94 bits per heavy atom. The number of H-pyrrole nitrogens is 1. The van der Waals surface area contributed by atoms with Crippen LogP contribution in [0.1, 0.15) is 10.4 Å². The van der Waals surface area contributed by atoms with E-state index in [1.165, 1.54) is 6.20 Å². The second-order valence-corrected chi connectivity index (χ2v) is 3.98. The van der Waals surface area contributed by atoms with Gasteiger partial charge in [-0.05, 0) is 12.1 Å². The summed E-state index contributed by atoms with van der Waals surface area (Å²) < 4.78 is 0. The number of aromatic amines is 1. The molecule has 3 rings (SSSR count). The maximum atomic E-state index is 11.1. The minimum absolute atomic E-state index is 0.234. The number of carbonyl (C=O) groups is 1. The van der Waals surface area contributed by atoms with Gasteiger partial charge in [0.15, 0.2) is 0 Å². The number of para-hydroxylation sites is 1. The highest BCUT2D eigenvalue weighted by molar-refractivity contribution is 5.96. The second-order valence-electron chi connectivity index (χ2n) is 3.98. The molecular weight excluding hydrogens is 228 g/mol. The molecule has 0 atom stereocenters. The Bertz CT molecular complexity index is 731. The first-order valence-electron chi connectivity index (χ1n) is 5.52. The van der Waals surface area contributed by atoms with Gasteiger partial charge in [0.25, 0.3) is 0 Å². The zero-order valence-electron chi connectivity index (χ0n) is 9.42. The summed E-state index contributed by atoms with van der Waals surface area (Å²) in [6, 6.07) is 11.5. The lowest BCUT2D eigenvalue weighted by Crippen LogP contribution is -1.96. The van der Waals surface area contributed by atoms with E-state index in [9.17, 15) is 4.79 Å². The van der Waals surface area contributed by atoms with E-state index in [0.717, 1.165) is 10.9 Å². The molecule has 0 spiro atoms. The molecule has 0 aliphatic carbocycles. The molecule has 0 aliphatic rings. The Kier molecular flexibility index (Phi) is 2.34. The smallest absolute Gasteiger partial charge is 0.337 e. The zero-order chi connectivity index (χ0) is 12.5. The molecule has 0 bridgehead atoms. The van der Waals surface area contributed by atoms with E-state index in [1.54, 1.807) is 6.20 Å². The number of aromatic nitrogens is 2. The number of nitrogens with one attached hydrogen (secondary N) is 1. The predicted molar refractivity (Wildman–Crippen MR) is 68.5 cm³/mol. The maximum absolute atomic E-state index is 11.1. The average molecular weight is 238 g/mol. The first kappa shape index (κ1) is 10.5. The molecule has 0 unspecified atom stereocenters. The fourth-order valence-electron chi connectivity index (χ4n) is 1.97. The topological polar surface area (TPSA) is 66.0 Å². The molecule has 0 amide bonds. The molecule has 2 N–H and O–H groups in total. The van der Waals surface area contributed by atoms with Crippen LogP contribution in [0.15, 0.2) is 48.8 Å². The molecule has 88 valence electrons. The van der Waals surface area contributed by atoms with E-state index < -0.39 is 5.97 Å². The van der Waals surface area contributed by atoms with Crippen LogP contribution in [0.3, 0.4) is 0 Å². The lowest BCUT2D eigenvalue weighted by Gasteiger charge is -2.02. The Labute approximate surface area is 103 Å². The molecule has 2 aromatic heterocycles. The van der Waals surface area contributed by atoms with Crippen molar-refractivity contribution in [2.24, 2.45) is 0 Å². The normalized spacial score (nSPS) is 10.7. The highest BCUT2D eigenvalue weighted by Crippen LogP contribution is 2.24. The number of aromatic carboxylic acids is 1. The standard InChI is InChI=1S/C14H10N2O2/c17-14(18)11-8-15-7-10(11)13-6-5-9-3-1-2-4-12(9)16-13/h1-8,15H,(H,17,18). The number of carboxylic acids is 1. The molecule has 18 heavy (non-hydrogen) atoms. The van der Waals surface area contributed by atoms with Gasteiger partial charge in [0, 0.05) is 23.3 Å². The number of pyridine rings is 1. The van der Waals surface area contributed by atoms with E-state index in [2.05, 4.69) is 9.97 Å². The van der Waals surface area contributed by atoms with E-state index >= 15 is 0 Å². The van der Waals surface area contributed by atoms with Crippen LogP contribution in [0.25, 0.3) is 22.2 Å². The van der Waals surface area contributed by atoms with Gasteiger partial charge in [-0.3, -0.25) is 0 Å². The van der Waals surface area contributed by atoms with E-state index in [4.69, 9.17) is 5.11 Å². The maximum Gasteiger partial charge on any atom is 0.337 e. The molecule has 0 fully saturated rings. The van der Waals surface area contributed by atoms with E-state index in [-0.39, 0.29) is 5.56 Å². The van der Waals surface area contributed by atoms with Crippen LogP contribution in [-0.2, 0) is 0 Å². The monoisotopic (exact) mass is 238 g/mol. The van der Waals surface area contributed by atoms with Crippen molar-refractivity contribution in [1.82, 2.24) is 9.97 Å². The first-order valence-corrected chi connectivity index (χ1v) is 5.52. The summed E-state index contributed by atoms with van der Waals surface area (Å²) in [6.07, 6.45) is 3.12. The van der Waals surface area contributed by atoms with Crippen LogP contribution in [-0.4, -0.2) is 21.0 Å². The number of nitrogens with zero attached hydrogens (tertiary/aromatic N) is 1. The van der Waals surface area contributed by atoms with Gasteiger partial charge in [-0.2, -0.15) is 0 Å². The number of carboxylic acid groups (broad SMARTS) is 1. The molecular formula is C14H10N2O2. The third-order valence-electron chi connectivity index (χ3n) is 2.85. The van der Waals surface area contributed by atoms with Gasteiger partial charge < -0.3 is 10.1 Å². The largest absolute Gasteiger partial charge is 0.478 e. The first-order chi connectivity index (χ1) is 8.75. The third-order valence-corrected chi connectivity index (χ3v) is 2.85. The van der Waals surface area contributed by atoms with E-state index in [0.29, 0.717) is 11.3 Å². The molecule has 4 nitrogen and oxygen atoms in total. The Morgan fingerprint density at radius 3 is 2.78 bits per heavy atom. The summed E-state index contributed by atoms with van der Waals surface area (Å²) in [6.45, 7) is 0. The molecule has 0 radical (unpaired) electrons. The van der Waals surface area contributed by atoms with Gasteiger partial charge in [0.1, 0.15) is 0 Å². The third kappa shape index (κ3) is 1.64. The lowest BCUT2D eigenvalue weighted by atomic mass is 10.1. The number of hydrogen-bond acceptors (Lipinski definition) is 2. The number of rotatable bonds is 2. The number of benzene rings is 1. The summed E-state index contributed by atoms with van der Waals surface area (Å²) >= 11 is 0. The van der Waals surface area contributed by atoms with Gasteiger partial charge in [-0.1, -0.05) is 24.3 Å². The second kappa shape index (κ2) is 4.00. The van der Waals surface area contributed by atoms with Crippen LogP contribution < -0.4 is 0 Å². The molecule has 0 aliphatic heterocycles. The zero-order valence-corrected chi connectivity index (χ0v) is 9.42. The fourth-order valence-corrected chi connectivity index (χ4v) is 1.97. The minimum Gasteiger partial charge on any atom is -0.478 e. The van der Waals surface area contributed by atoms with Crippen LogP contribution in [0.4, 0.5) is 0 Å². The summed E-state index contributed by atoms with van der Waals surface area (Å²) in [7, 11) is 0. The number of fused-ring (bicyclic) bond motifs is 1. The van der Waals surface area contributed by atoms with Crippen molar-refractivity contribution >= 4 is 16.9 Å². The van der Waals surface area contributed by atoms with Crippen LogP contribution in [0.2, 0.25) is 0 Å². The van der Waals surface area contributed by atoms with Crippen molar-refractivity contribution in [3.05, 3.63) is 54.4 Å². The Morgan fingerprint density at radius 1 is 1.11 bits per heavy atom. The molecule has 0 saturated carbocycles. The van der Waals surface area contributed by atoms with Crippen molar-refractivity contribution in [2.45, 2.75) is 0 Å². The molecule has 4 heteroatoms. The quantitative estimate of drug-likeness (QED) is 0.721. The van der Waals surface area contributed by atoms with Crippen molar-refractivity contribution in [3.8, 4) is 11.3 Å². The number of hydrogen-bond donors (Lipinski definition) is 2. The molecule has 0 saturated heterocycles. The van der Waals surface area contributed by atoms with Gasteiger partial charge in [0.05, 0.1) is 16.8 Å². The Balaban J connectivity index is 2.19. The summed E-state index contributed by atoms with van der Waals surface area (Å²) in [5.74, 6) is -0.957. The lowest BCUT2D eigenvalue weighted by molar-refractivity contribution is 0.0698.